The summed E-state index contributed by atoms with van der Waals surface area (Å²) in [6.45, 7) is 5.31. The highest BCUT2D eigenvalue weighted by atomic mass is 19.1. The predicted octanol–water partition coefficient (Wildman–Crippen LogP) is 1.21. The second-order valence-electron chi connectivity index (χ2n) is 5.78. The molecule has 10 nitrogen and oxygen atoms in total. The number of nitrogens with zero attached hydrogens (tertiary/aromatic N) is 5. The van der Waals surface area contributed by atoms with Crippen LogP contribution >= 0.6 is 0 Å². The number of carbonyl (C=O) groups is 1. The topological polar surface area (TPSA) is 151 Å². The van der Waals surface area contributed by atoms with Crippen molar-refractivity contribution >= 4 is 22.8 Å². The lowest BCUT2D eigenvalue weighted by Gasteiger charge is -2.06. The van der Waals surface area contributed by atoms with E-state index in [1.807, 2.05) is 0 Å². The molecule has 0 unspecified atom stereocenters. The van der Waals surface area contributed by atoms with Gasteiger partial charge in [0, 0.05) is 12.7 Å². The number of H-pyrrole nitrogens is 1. The van der Waals surface area contributed by atoms with E-state index in [2.05, 4.69) is 30.5 Å². The fraction of sp³-hybridized carbons (Fsp3) is 0.250. The van der Waals surface area contributed by atoms with Crippen LogP contribution in [0.15, 0.2) is 18.2 Å². The van der Waals surface area contributed by atoms with Crippen LogP contribution in [-0.2, 0) is 0 Å². The largest absolute Gasteiger partial charge is 0.380 e. The van der Waals surface area contributed by atoms with Crippen LogP contribution in [0.25, 0.3) is 22.7 Å². The zero-order valence-corrected chi connectivity index (χ0v) is 15.0. The van der Waals surface area contributed by atoms with Crippen molar-refractivity contribution in [3.63, 3.8) is 0 Å². The molecule has 0 atom stereocenters. The molecule has 0 bridgehead atoms. The smallest absolute Gasteiger partial charge is 0.285 e. The first-order valence-electron chi connectivity index (χ1n) is 8.10. The van der Waals surface area contributed by atoms with Gasteiger partial charge in [0.05, 0.1) is 23.1 Å². The summed E-state index contributed by atoms with van der Waals surface area (Å²) >= 11 is 0. The Morgan fingerprint density at radius 1 is 1.44 bits per heavy atom. The standard InChI is InChI=1S/C16H18FN9O/c1-4-20-12(10(17)8(3)18)15-23-14(24-25-15)11-9-5-21-7(2)6-26(9)16(22-11)13(19)27/h5-6,18,20H,4H2,1-3H3,(H2,19,27)(H,23,24,25)/b12-10+,18-8?. The summed E-state index contributed by atoms with van der Waals surface area (Å²) in [5, 5.41) is 17.0. The van der Waals surface area contributed by atoms with Crippen molar-refractivity contribution in [1.29, 1.82) is 5.41 Å². The molecule has 0 aliphatic carbocycles. The van der Waals surface area contributed by atoms with Crippen molar-refractivity contribution in [2.75, 3.05) is 6.54 Å². The lowest BCUT2D eigenvalue weighted by molar-refractivity contribution is 0.0990. The first-order valence-corrected chi connectivity index (χ1v) is 8.10. The van der Waals surface area contributed by atoms with Gasteiger partial charge in [-0.05, 0) is 20.8 Å². The molecule has 11 heteroatoms. The minimum atomic E-state index is -0.757. The molecule has 0 saturated carbocycles. The molecular weight excluding hydrogens is 353 g/mol. The zero-order chi connectivity index (χ0) is 19.7. The number of aromatic amines is 1. The van der Waals surface area contributed by atoms with E-state index in [0.717, 1.165) is 0 Å². The van der Waals surface area contributed by atoms with E-state index < -0.39 is 11.7 Å². The van der Waals surface area contributed by atoms with Gasteiger partial charge in [0.15, 0.2) is 11.7 Å². The Bertz CT molecular complexity index is 1080. The molecule has 0 aliphatic heterocycles. The molecule has 1 amide bonds. The summed E-state index contributed by atoms with van der Waals surface area (Å²) in [6, 6.07) is 0. The third-order valence-electron chi connectivity index (χ3n) is 3.71. The number of amides is 1. The highest BCUT2D eigenvalue weighted by Gasteiger charge is 2.21. The molecule has 3 aromatic rings. The van der Waals surface area contributed by atoms with Crippen LogP contribution in [0.3, 0.4) is 0 Å². The van der Waals surface area contributed by atoms with Gasteiger partial charge >= 0.3 is 0 Å². The van der Waals surface area contributed by atoms with Crippen molar-refractivity contribution in [2.24, 2.45) is 5.73 Å². The lowest BCUT2D eigenvalue weighted by Crippen LogP contribution is -2.15. The van der Waals surface area contributed by atoms with Crippen molar-refractivity contribution in [3.8, 4) is 11.5 Å². The Morgan fingerprint density at radius 3 is 2.81 bits per heavy atom. The minimum absolute atomic E-state index is 0.000101. The van der Waals surface area contributed by atoms with Crippen LogP contribution in [-0.4, -0.2) is 47.7 Å². The second-order valence-corrected chi connectivity index (χ2v) is 5.78. The van der Waals surface area contributed by atoms with Crippen molar-refractivity contribution in [1.82, 2.24) is 34.9 Å². The van der Waals surface area contributed by atoms with Gasteiger partial charge in [-0.2, -0.15) is 5.10 Å². The van der Waals surface area contributed by atoms with Gasteiger partial charge in [0.25, 0.3) is 5.91 Å². The van der Waals surface area contributed by atoms with Gasteiger partial charge < -0.3 is 16.5 Å². The molecule has 5 N–H and O–H groups in total. The molecule has 3 rings (SSSR count). The van der Waals surface area contributed by atoms with E-state index in [1.54, 1.807) is 20.0 Å². The number of aryl methyl sites for hydroxylation is 1. The normalized spacial score (nSPS) is 12.1. The number of primary amides is 1. The number of hydrogen-bond acceptors (Lipinski definition) is 7. The maximum absolute atomic E-state index is 14.3. The number of carbonyl (C=O) groups excluding carboxylic acids is 1. The third kappa shape index (κ3) is 3.26. The first kappa shape index (κ1) is 18.2. The fourth-order valence-electron chi connectivity index (χ4n) is 2.53. The Balaban J connectivity index is 2.16. The number of imidazole rings is 1. The van der Waals surface area contributed by atoms with Crippen molar-refractivity contribution < 1.29 is 9.18 Å². The van der Waals surface area contributed by atoms with Crippen LogP contribution in [0.1, 0.15) is 36.0 Å². The molecule has 0 spiro atoms. The Morgan fingerprint density at radius 2 is 2.19 bits per heavy atom. The molecule has 0 aromatic carbocycles. The summed E-state index contributed by atoms with van der Waals surface area (Å²) in [4.78, 5) is 24.4. The van der Waals surface area contributed by atoms with E-state index >= 15 is 0 Å². The Kier molecular flexibility index (Phi) is 4.67. The Hall–Kier alpha value is -3.63. The van der Waals surface area contributed by atoms with Crippen LogP contribution in [0.5, 0.6) is 0 Å². The number of hydrogen-bond donors (Lipinski definition) is 4. The van der Waals surface area contributed by atoms with Gasteiger partial charge in [-0.15, -0.1) is 0 Å². The summed E-state index contributed by atoms with van der Waals surface area (Å²) in [7, 11) is 0. The molecule has 0 fully saturated rings. The van der Waals surface area contributed by atoms with Gasteiger partial charge in [0.2, 0.25) is 11.6 Å². The van der Waals surface area contributed by atoms with E-state index in [1.165, 1.54) is 17.5 Å². The fourth-order valence-corrected chi connectivity index (χ4v) is 2.53. The number of halogens is 1. The van der Waals surface area contributed by atoms with E-state index in [9.17, 15) is 9.18 Å². The number of aromatic nitrogens is 6. The lowest BCUT2D eigenvalue weighted by atomic mass is 10.2. The van der Waals surface area contributed by atoms with E-state index in [4.69, 9.17) is 11.1 Å². The highest BCUT2D eigenvalue weighted by Crippen LogP contribution is 2.23. The quantitative estimate of drug-likeness (QED) is 0.478. The van der Waals surface area contributed by atoms with Crippen molar-refractivity contribution in [2.45, 2.75) is 20.8 Å². The molecule has 0 saturated heterocycles. The minimum Gasteiger partial charge on any atom is -0.380 e. The van der Waals surface area contributed by atoms with Gasteiger partial charge in [0.1, 0.15) is 11.4 Å². The number of rotatable bonds is 6. The molecular formula is C16H18FN9O. The molecule has 0 radical (unpaired) electrons. The van der Waals surface area contributed by atoms with Crippen LogP contribution in [0.2, 0.25) is 0 Å². The molecule has 0 aliphatic rings. The van der Waals surface area contributed by atoms with Gasteiger partial charge in [-0.3, -0.25) is 19.3 Å². The van der Waals surface area contributed by atoms with Crippen LogP contribution in [0.4, 0.5) is 4.39 Å². The SMILES string of the molecule is CCN/C(=C(/F)C(C)=N)c1n[nH]c(-c2nc(C(N)=O)n3cc(C)ncc23)n1. The van der Waals surface area contributed by atoms with Gasteiger partial charge in [-0.1, -0.05) is 0 Å². The molecule has 27 heavy (non-hydrogen) atoms. The summed E-state index contributed by atoms with van der Waals surface area (Å²) in [5.41, 5.74) is 6.63. The Labute approximate surface area is 153 Å². The van der Waals surface area contributed by atoms with Crippen LogP contribution in [0, 0.1) is 12.3 Å². The number of nitrogens with two attached hydrogens (primary N) is 1. The summed E-state index contributed by atoms with van der Waals surface area (Å²) < 4.78 is 15.8. The average Bonchev–Trinajstić information content (AvgIpc) is 3.23. The number of allylic oxidation sites excluding steroid dienone is 1. The summed E-state index contributed by atoms with van der Waals surface area (Å²) in [5.74, 6) is -1.19. The van der Waals surface area contributed by atoms with E-state index in [-0.39, 0.29) is 28.9 Å². The van der Waals surface area contributed by atoms with Crippen molar-refractivity contribution in [3.05, 3.63) is 35.6 Å². The van der Waals surface area contributed by atoms with Gasteiger partial charge in [-0.25, -0.2) is 14.4 Å². The molecule has 3 aromatic heterocycles. The number of nitrogens with one attached hydrogen (secondary N) is 3. The van der Waals surface area contributed by atoms with Crippen LogP contribution < -0.4 is 11.1 Å². The average molecular weight is 371 g/mol. The maximum atomic E-state index is 14.3. The highest BCUT2D eigenvalue weighted by molar-refractivity contribution is 6.00. The molecule has 3 heterocycles. The predicted molar refractivity (Wildman–Crippen MR) is 96.7 cm³/mol. The first-order chi connectivity index (χ1) is 12.8. The molecule has 140 valence electrons. The third-order valence-corrected chi connectivity index (χ3v) is 3.71. The monoisotopic (exact) mass is 371 g/mol. The second kappa shape index (κ2) is 6.94. The zero-order valence-electron chi connectivity index (χ0n) is 15.0. The van der Waals surface area contributed by atoms with E-state index in [0.29, 0.717) is 23.4 Å². The maximum Gasteiger partial charge on any atom is 0.285 e. The number of fused-ring (bicyclic) bond motifs is 1. The summed E-state index contributed by atoms with van der Waals surface area (Å²) in [6.07, 6.45) is 3.17.